The molecule has 0 amide bonds. The Morgan fingerprint density at radius 2 is 2.00 bits per heavy atom. The first-order valence-corrected chi connectivity index (χ1v) is 5.35. The molecule has 1 saturated carbocycles. The van der Waals surface area contributed by atoms with E-state index in [1.165, 1.54) is 12.1 Å². The lowest BCUT2D eigenvalue weighted by Gasteiger charge is -2.30. The Morgan fingerprint density at radius 1 is 1.44 bits per heavy atom. The van der Waals surface area contributed by atoms with Gasteiger partial charge in [-0.05, 0) is 18.1 Å². The Balaban J connectivity index is 2.44. The average Bonchev–Trinajstić information content (AvgIpc) is 2.95. The minimum Gasteiger partial charge on any atom is -0.393 e. The van der Waals surface area contributed by atoms with E-state index in [1.54, 1.807) is 12.1 Å². The third kappa shape index (κ3) is 1.71. The first-order chi connectivity index (χ1) is 7.48. The standard InChI is InChI=1S/C11H12ClF2NO/c12-8-4-2-1-3-6(8)11(15,10(13)14)7-5-9(7)16/h1-4,7,9-10,16H,5,15H2/t7-,9?,11+/m0/s1. The van der Waals surface area contributed by atoms with Crippen LogP contribution < -0.4 is 5.73 Å². The maximum atomic E-state index is 13.1. The smallest absolute Gasteiger partial charge is 0.260 e. The molecule has 5 heteroatoms. The summed E-state index contributed by atoms with van der Waals surface area (Å²) in [7, 11) is 0. The van der Waals surface area contributed by atoms with Crippen molar-refractivity contribution in [3.8, 4) is 0 Å². The normalized spacial score (nSPS) is 27.9. The monoisotopic (exact) mass is 247 g/mol. The molecular weight excluding hydrogens is 236 g/mol. The van der Waals surface area contributed by atoms with Crippen LogP contribution in [0.1, 0.15) is 12.0 Å². The summed E-state index contributed by atoms with van der Waals surface area (Å²) in [5.74, 6) is -0.618. The van der Waals surface area contributed by atoms with Crippen molar-refractivity contribution in [2.75, 3.05) is 0 Å². The van der Waals surface area contributed by atoms with Crippen LogP contribution in [0.25, 0.3) is 0 Å². The SMILES string of the molecule is N[C@@](c1ccccc1Cl)(C(F)F)[C@H]1CC1O. The third-order valence-electron chi connectivity index (χ3n) is 3.07. The summed E-state index contributed by atoms with van der Waals surface area (Å²) in [6.07, 6.45) is -3.21. The van der Waals surface area contributed by atoms with Crippen LogP contribution in [0.3, 0.4) is 0 Å². The second-order valence-electron chi connectivity index (χ2n) is 4.12. The van der Waals surface area contributed by atoms with Crippen molar-refractivity contribution >= 4 is 11.6 Å². The zero-order valence-corrected chi connectivity index (χ0v) is 9.16. The van der Waals surface area contributed by atoms with E-state index in [0.29, 0.717) is 6.42 Å². The summed E-state index contributed by atoms with van der Waals surface area (Å²) < 4.78 is 26.2. The fourth-order valence-electron chi connectivity index (χ4n) is 1.99. The molecule has 0 heterocycles. The number of nitrogens with two attached hydrogens (primary N) is 1. The zero-order chi connectivity index (χ0) is 11.9. The minimum absolute atomic E-state index is 0.202. The van der Waals surface area contributed by atoms with E-state index < -0.39 is 24.0 Å². The number of halogens is 3. The van der Waals surface area contributed by atoms with Crippen LogP contribution in [0.15, 0.2) is 24.3 Å². The lowest BCUT2D eigenvalue weighted by atomic mass is 9.86. The molecule has 3 atom stereocenters. The molecule has 88 valence electrons. The van der Waals surface area contributed by atoms with Gasteiger partial charge in [0.2, 0.25) is 0 Å². The molecule has 1 aromatic carbocycles. The zero-order valence-electron chi connectivity index (χ0n) is 8.41. The van der Waals surface area contributed by atoms with Gasteiger partial charge >= 0.3 is 0 Å². The molecule has 0 saturated heterocycles. The summed E-state index contributed by atoms with van der Waals surface area (Å²) in [6.45, 7) is 0. The van der Waals surface area contributed by atoms with Crippen molar-refractivity contribution in [1.82, 2.24) is 0 Å². The average molecular weight is 248 g/mol. The van der Waals surface area contributed by atoms with Crippen molar-refractivity contribution < 1.29 is 13.9 Å². The van der Waals surface area contributed by atoms with E-state index in [0.717, 1.165) is 0 Å². The fourth-order valence-corrected chi connectivity index (χ4v) is 2.29. The van der Waals surface area contributed by atoms with Gasteiger partial charge in [0.15, 0.2) is 0 Å². The summed E-state index contributed by atoms with van der Waals surface area (Å²) in [5.41, 5.74) is 4.12. The van der Waals surface area contributed by atoms with Gasteiger partial charge in [-0.2, -0.15) is 0 Å². The van der Waals surface area contributed by atoms with Crippen LogP contribution in [-0.2, 0) is 5.54 Å². The van der Waals surface area contributed by atoms with Crippen LogP contribution in [0.5, 0.6) is 0 Å². The minimum atomic E-state index is -2.76. The van der Waals surface area contributed by atoms with Crippen LogP contribution in [-0.4, -0.2) is 17.6 Å². The van der Waals surface area contributed by atoms with Gasteiger partial charge in [-0.3, -0.25) is 0 Å². The predicted octanol–water partition coefficient (Wildman–Crippen LogP) is 2.14. The van der Waals surface area contributed by atoms with Crippen LogP contribution in [0, 0.1) is 5.92 Å². The van der Waals surface area contributed by atoms with Gasteiger partial charge in [0.1, 0.15) is 5.54 Å². The summed E-state index contributed by atoms with van der Waals surface area (Å²) in [5, 5.41) is 9.52. The van der Waals surface area contributed by atoms with Crippen LogP contribution in [0.4, 0.5) is 8.78 Å². The lowest BCUT2D eigenvalue weighted by molar-refractivity contribution is 0.0283. The maximum absolute atomic E-state index is 13.1. The molecule has 0 radical (unpaired) electrons. The predicted molar refractivity (Wildman–Crippen MR) is 57.4 cm³/mol. The second-order valence-corrected chi connectivity index (χ2v) is 4.53. The van der Waals surface area contributed by atoms with Crippen molar-refractivity contribution in [2.24, 2.45) is 11.7 Å². The summed E-state index contributed by atoms with van der Waals surface area (Å²) in [6, 6.07) is 6.27. The van der Waals surface area contributed by atoms with E-state index in [-0.39, 0.29) is 10.6 Å². The molecule has 2 nitrogen and oxygen atoms in total. The molecule has 0 aromatic heterocycles. The number of hydrogen-bond acceptors (Lipinski definition) is 2. The van der Waals surface area contributed by atoms with E-state index in [1.807, 2.05) is 0 Å². The number of rotatable bonds is 3. The van der Waals surface area contributed by atoms with Crippen molar-refractivity contribution in [3.63, 3.8) is 0 Å². The molecular formula is C11H12ClF2NO. The molecule has 2 rings (SSSR count). The highest BCUT2D eigenvalue weighted by Crippen LogP contribution is 2.49. The van der Waals surface area contributed by atoms with E-state index >= 15 is 0 Å². The van der Waals surface area contributed by atoms with Crippen molar-refractivity contribution in [3.05, 3.63) is 34.9 Å². The van der Waals surface area contributed by atoms with E-state index in [4.69, 9.17) is 17.3 Å². The first kappa shape index (κ1) is 11.8. The number of alkyl halides is 2. The molecule has 16 heavy (non-hydrogen) atoms. The molecule has 1 aliphatic carbocycles. The van der Waals surface area contributed by atoms with Crippen molar-refractivity contribution in [2.45, 2.75) is 24.5 Å². The highest BCUT2D eigenvalue weighted by atomic mass is 35.5. The van der Waals surface area contributed by atoms with Gasteiger partial charge < -0.3 is 10.8 Å². The Labute approximate surface area is 97.0 Å². The third-order valence-corrected chi connectivity index (χ3v) is 3.40. The van der Waals surface area contributed by atoms with Gasteiger partial charge in [-0.25, -0.2) is 8.78 Å². The molecule has 1 unspecified atom stereocenters. The maximum Gasteiger partial charge on any atom is 0.260 e. The lowest BCUT2D eigenvalue weighted by Crippen LogP contribution is -2.47. The molecule has 1 aromatic rings. The van der Waals surface area contributed by atoms with Gasteiger partial charge in [0.25, 0.3) is 6.43 Å². The molecule has 3 N–H and O–H groups in total. The molecule has 0 spiro atoms. The number of benzene rings is 1. The molecule has 0 aliphatic heterocycles. The molecule has 1 aliphatic rings. The molecule has 0 bridgehead atoms. The van der Waals surface area contributed by atoms with Gasteiger partial charge in [0, 0.05) is 10.9 Å². The Hall–Kier alpha value is -0.710. The Bertz CT molecular complexity index is 401. The number of aliphatic hydroxyl groups excluding tert-OH is 1. The van der Waals surface area contributed by atoms with Crippen LogP contribution in [0.2, 0.25) is 5.02 Å². The fraction of sp³-hybridized carbons (Fsp3) is 0.455. The summed E-state index contributed by atoms with van der Waals surface area (Å²) >= 11 is 5.88. The summed E-state index contributed by atoms with van der Waals surface area (Å²) in [4.78, 5) is 0. The Morgan fingerprint density at radius 3 is 2.44 bits per heavy atom. The van der Waals surface area contributed by atoms with E-state index in [2.05, 4.69) is 0 Å². The largest absolute Gasteiger partial charge is 0.393 e. The first-order valence-electron chi connectivity index (χ1n) is 4.98. The quantitative estimate of drug-likeness (QED) is 0.860. The van der Waals surface area contributed by atoms with Gasteiger partial charge in [-0.15, -0.1) is 0 Å². The second kappa shape index (κ2) is 3.95. The van der Waals surface area contributed by atoms with Gasteiger partial charge in [-0.1, -0.05) is 29.8 Å². The number of aliphatic hydroxyl groups is 1. The highest BCUT2D eigenvalue weighted by molar-refractivity contribution is 6.31. The van der Waals surface area contributed by atoms with E-state index in [9.17, 15) is 13.9 Å². The topological polar surface area (TPSA) is 46.2 Å². The molecule has 1 fully saturated rings. The number of hydrogen-bond donors (Lipinski definition) is 2. The van der Waals surface area contributed by atoms with Crippen molar-refractivity contribution in [1.29, 1.82) is 0 Å². The Kier molecular flexibility index (Phi) is 2.90. The van der Waals surface area contributed by atoms with Gasteiger partial charge in [0.05, 0.1) is 6.10 Å². The van der Waals surface area contributed by atoms with Crippen LogP contribution >= 0.6 is 11.6 Å². The highest BCUT2D eigenvalue weighted by Gasteiger charge is 2.56.